The number of hydrogen-bond donors (Lipinski definition) is 1. The molecule has 2 amide bonds. The van der Waals surface area contributed by atoms with Gasteiger partial charge in [0.2, 0.25) is 5.91 Å². The topological polar surface area (TPSA) is 52.7 Å². The number of carbonyl (C=O) groups excluding carboxylic acids is 2. The minimum atomic E-state index is -0.314. The van der Waals surface area contributed by atoms with Crippen LogP contribution in [0.3, 0.4) is 0 Å². The molecule has 2 aromatic rings. The van der Waals surface area contributed by atoms with Crippen LogP contribution in [-0.2, 0) is 11.3 Å². The lowest BCUT2D eigenvalue weighted by atomic mass is 10.0. The second-order valence-corrected chi connectivity index (χ2v) is 6.68. The molecule has 1 saturated heterocycles. The van der Waals surface area contributed by atoms with E-state index in [1.165, 1.54) is 12.1 Å². The quantitative estimate of drug-likeness (QED) is 0.918. The zero-order valence-corrected chi connectivity index (χ0v) is 14.3. The monoisotopic (exact) mass is 353 g/mol. The second kappa shape index (κ2) is 6.88. The molecule has 0 aromatic heterocycles. The molecule has 2 aromatic carbocycles. The standard InChI is InChI=1S/C20H20FN3O2/c21-16-6-3-5-14(10-16)18-11-22-8-9-24(18)19(25)13-23-12-15-4-1-2-7-17(15)20(23)26/h1-7,10,18,22H,8-9,11-13H2. The molecule has 6 heteroatoms. The first-order chi connectivity index (χ1) is 12.6. The van der Waals surface area contributed by atoms with Crippen LogP contribution in [0.4, 0.5) is 4.39 Å². The average Bonchev–Trinajstić information content (AvgIpc) is 2.98. The highest BCUT2D eigenvalue weighted by atomic mass is 19.1. The summed E-state index contributed by atoms with van der Waals surface area (Å²) in [4.78, 5) is 28.8. The van der Waals surface area contributed by atoms with E-state index in [1.807, 2.05) is 24.3 Å². The molecule has 0 spiro atoms. The lowest BCUT2D eigenvalue weighted by molar-refractivity contribution is -0.135. The Balaban J connectivity index is 1.51. The average molecular weight is 353 g/mol. The minimum Gasteiger partial charge on any atom is -0.332 e. The van der Waals surface area contributed by atoms with E-state index >= 15 is 0 Å². The van der Waals surface area contributed by atoms with Crippen LogP contribution in [0.15, 0.2) is 48.5 Å². The number of hydrogen-bond acceptors (Lipinski definition) is 3. The molecule has 1 atom stereocenters. The molecule has 0 bridgehead atoms. The summed E-state index contributed by atoms with van der Waals surface area (Å²) in [5.41, 5.74) is 2.39. The Morgan fingerprint density at radius 1 is 1.19 bits per heavy atom. The van der Waals surface area contributed by atoms with Gasteiger partial charge >= 0.3 is 0 Å². The molecule has 2 aliphatic rings. The van der Waals surface area contributed by atoms with Gasteiger partial charge in [-0.15, -0.1) is 0 Å². The maximum absolute atomic E-state index is 13.6. The maximum atomic E-state index is 13.6. The highest BCUT2D eigenvalue weighted by molar-refractivity contribution is 6.00. The predicted octanol–water partition coefficient (Wildman–Crippen LogP) is 1.95. The van der Waals surface area contributed by atoms with Gasteiger partial charge in [-0.25, -0.2) is 4.39 Å². The maximum Gasteiger partial charge on any atom is 0.254 e. The molecular formula is C20H20FN3O2. The molecule has 2 aliphatic heterocycles. The smallest absolute Gasteiger partial charge is 0.254 e. The number of halogens is 1. The van der Waals surface area contributed by atoms with Crippen LogP contribution < -0.4 is 5.32 Å². The Morgan fingerprint density at radius 3 is 2.85 bits per heavy atom. The number of nitrogens with one attached hydrogen (secondary N) is 1. The molecule has 1 fully saturated rings. The fourth-order valence-electron chi connectivity index (χ4n) is 3.71. The molecular weight excluding hydrogens is 333 g/mol. The highest BCUT2D eigenvalue weighted by Crippen LogP contribution is 2.25. The van der Waals surface area contributed by atoms with Crippen LogP contribution in [0.2, 0.25) is 0 Å². The minimum absolute atomic E-state index is 0.0410. The van der Waals surface area contributed by atoms with Gasteiger partial charge in [-0.3, -0.25) is 9.59 Å². The van der Waals surface area contributed by atoms with E-state index in [2.05, 4.69) is 5.32 Å². The summed E-state index contributed by atoms with van der Waals surface area (Å²) in [6.07, 6.45) is 0. The SMILES string of the molecule is O=C1c2ccccc2CN1CC(=O)N1CCNCC1c1cccc(F)c1. The third-order valence-corrected chi connectivity index (χ3v) is 5.02. The summed E-state index contributed by atoms with van der Waals surface area (Å²) < 4.78 is 13.6. The van der Waals surface area contributed by atoms with E-state index in [1.54, 1.807) is 21.9 Å². The van der Waals surface area contributed by atoms with Gasteiger partial charge in [-0.2, -0.15) is 0 Å². The normalized spacial score (nSPS) is 19.6. The molecule has 1 unspecified atom stereocenters. The summed E-state index contributed by atoms with van der Waals surface area (Å²) in [6.45, 7) is 2.29. The van der Waals surface area contributed by atoms with Gasteiger partial charge < -0.3 is 15.1 Å². The second-order valence-electron chi connectivity index (χ2n) is 6.68. The van der Waals surface area contributed by atoms with Gasteiger partial charge in [0, 0.05) is 31.7 Å². The van der Waals surface area contributed by atoms with Crippen molar-refractivity contribution in [3.8, 4) is 0 Å². The molecule has 5 nitrogen and oxygen atoms in total. The van der Waals surface area contributed by atoms with E-state index in [-0.39, 0.29) is 30.2 Å². The van der Waals surface area contributed by atoms with E-state index < -0.39 is 0 Å². The van der Waals surface area contributed by atoms with Crippen LogP contribution in [0.25, 0.3) is 0 Å². The molecule has 0 aliphatic carbocycles. The van der Waals surface area contributed by atoms with Crippen molar-refractivity contribution in [1.82, 2.24) is 15.1 Å². The van der Waals surface area contributed by atoms with Gasteiger partial charge in [0.25, 0.3) is 5.91 Å². The van der Waals surface area contributed by atoms with E-state index in [0.717, 1.165) is 11.1 Å². The Kier molecular flexibility index (Phi) is 4.42. The summed E-state index contributed by atoms with van der Waals surface area (Å²) in [5, 5.41) is 3.26. The number of piperazine rings is 1. The molecule has 0 radical (unpaired) electrons. The number of carbonyl (C=O) groups is 2. The summed E-state index contributed by atoms with van der Waals surface area (Å²) in [7, 11) is 0. The Labute approximate surface area is 151 Å². The van der Waals surface area contributed by atoms with Crippen LogP contribution in [-0.4, -0.2) is 47.8 Å². The predicted molar refractivity (Wildman–Crippen MR) is 94.9 cm³/mol. The number of benzene rings is 2. The van der Waals surface area contributed by atoms with Crippen molar-refractivity contribution in [3.63, 3.8) is 0 Å². The summed E-state index contributed by atoms with van der Waals surface area (Å²) in [5.74, 6) is -0.529. The zero-order chi connectivity index (χ0) is 18.1. The highest BCUT2D eigenvalue weighted by Gasteiger charge is 2.33. The van der Waals surface area contributed by atoms with Crippen molar-refractivity contribution >= 4 is 11.8 Å². The van der Waals surface area contributed by atoms with Crippen LogP contribution in [0, 0.1) is 5.82 Å². The molecule has 26 heavy (non-hydrogen) atoms. The zero-order valence-electron chi connectivity index (χ0n) is 14.3. The Hall–Kier alpha value is -2.73. The van der Waals surface area contributed by atoms with Crippen LogP contribution in [0.5, 0.6) is 0 Å². The lowest BCUT2D eigenvalue weighted by Gasteiger charge is -2.37. The van der Waals surface area contributed by atoms with E-state index in [0.29, 0.717) is 31.7 Å². The number of nitrogens with zero attached hydrogens (tertiary/aromatic N) is 2. The molecule has 2 heterocycles. The molecule has 4 rings (SSSR count). The van der Waals surface area contributed by atoms with Crippen molar-refractivity contribution in [2.45, 2.75) is 12.6 Å². The summed E-state index contributed by atoms with van der Waals surface area (Å²) in [6, 6.07) is 13.6. The lowest BCUT2D eigenvalue weighted by Crippen LogP contribution is -2.51. The van der Waals surface area contributed by atoms with Gasteiger partial charge in [0.05, 0.1) is 6.04 Å². The first-order valence-corrected chi connectivity index (χ1v) is 8.76. The van der Waals surface area contributed by atoms with Crippen molar-refractivity contribution in [2.75, 3.05) is 26.2 Å². The molecule has 1 N–H and O–H groups in total. The van der Waals surface area contributed by atoms with Crippen molar-refractivity contribution in [2.24, 2.45) is 0 Å². The van der Waals surface area contributed by atoms with E-state index in [4.69, 9.17) is 0 Å². The van der Waals surface area contributed by atoms with Crippen LogP contribution in [0.1, 0.15) is 27.5 Å². The van der Waals surface area contributed by atoms with Crippen molar-refractivity contribution in [3.05, 3.63) is 71.0 Å². The van der Waals surface area contributed by atoms with Gasteiger partial charge in [-0.1, -0.05) is 30.3 Å². The number of fused-ring (bicyclic) bond motifs is 1. The van der Waals surface area contributed by atoms with E-state index in [9.17, 15) is 14.0 Å². The first kappa shape index (κ1) is 16.7. The van der Waals surface area contributed by atoms with Crippen LogP contribution >= 0.6 is 0 Å². The fraction of sp³-hybridized carbons (Fsp3) is 0.300. The molecule has 134 valence electrons. The Bertz CT molecular complexity index is 854. The third-order valence-electron chi connectivity index (χ3n) is 5.02. The van der Waals surface area contributed by atoms with Gasteiger partial charge in [0.15, 0.2) is 0 Å². The number of amides is 2. The van der Waals surface area contributed by atoms with Crippen molar-refractivity contribution in [1.29, 1.82) is 0 Å². The number of rotatable bonds is 3. The van der Waals surface area contributed by atoms with Gasteiger partial charge in [-0.05, 0) is 29.3 Å². The summed E-state index contributed by atoms with van der Waals surface area (Å²) >= 11 is 0. The fourth-order valence-corrected chi connectivity index (χ4v) is 3.71. The third kappa shape index (κ3) is 3.08. The van der Waals surface area contributed by atoms with Gasteiger partial charge in [0.1, 0.15) is 12.4 Å². The Morgan fingerprint density at radius 2 is 2.04 bits per heavy atom. The first-order valence-electron chi connectivity index (χ1n) is 8.76. The van der Waals surface area contributed by atoms with Crippen molar-refractivity contribution < 1.29 is 14.0 Å². The molecule has 0 saturated carbocycles. The largest absolute Gasteiger partial charge is 0.332 e.